The Morgan fingerprint density at radius 2 is 1.87 bits per heavy atom. The first-order valence-electron chi connectivity index (χ1n) is 8.34. The molecule has 2 amide bonds. The zero-order valence-corrected chi connectivity index (χ0v) is 14.1. The van der Waals surface area contributed by atoms with E-state index in [1.807, 2.05) is 11.0 Å². The first kappa shape index (κ1) is 16.3. The Kier molecular flexibility index (Phi) is 4.90. The van der Waals surface area contributed by atoms with Crippen molar-refractivity contribution in [2.45, 2.75) is 37.6 Å². The van der Waals surface area contributed by atoms with E-state index >= 15 is 0 Å². The zero-order valence-electron chi connectivity index (χ0n) is 13.3. The minimum Gasteiger partial charge on any atom is -0.334 e. The quantitative estimate of drug-likeness (QED) is 0.900. The lowest BCUT2D eigenvalue weighted by Crippen LogP contribution is -2.45. The van der Waals surface area contributed by atoms with Gasteiger partial charge in [-0.3, -0.25) is 0 Å². The predicted molar refractivity (Wildman–Crippen MR) is 90.2 cm³/mol. The van der Waals surface area contributed by atoms with Crippen molar-refractivity contribution >= 4 is 15.9 Å². The molecular weight excluding hydrogens is 312 g/mol. The van der Waals surface area contributed by atoms with Gasteiger partial charge in [0.25, 0.3) is 0 Å². The van der Waals surface area contributed by atoms with Gasteiger partial charge >= 0.3 is 6.03 Å². The molecule has 1 N–H and O–H groups in total. The minimum atomic E-state index is -2.96. The van der Waals surface area contributed by atoms with Crippen molar-refractivity contribution in [3.63, 3.8) is 0 Å². The summed E-state index contributed by atoms with van der Waals surface area (Å²) in [6.07, 6.45) is 3.57. The number of rotatable bonds is 2. The summed E-state index contributed by atoms with van der Waals surface area (Å²) in [5.74, 6) is 0.772. The van der Waals surface area contributed by atoms with Crippen molar-refractivity contribution in [1.29, 1.82) is 0 Å². The van der Waals surface area contributed by atoms with Gasteiger partial charge in [0, 0.05) is 19.1 Å². The molecule has 0 saturated carbocycles. The van der Waals surface area contributed by atoms with Crippen molar-refractivity contribution in [2.75, 3.05) is 24.6 Å². The van der Waals surface area contributed by atoms with Crippen LogP contribution in [0.1, 0.15) is 37.2 Å². The summed E-state index contributed by atoms with van der Waals surface area (Å²) in [6, 6.07) is 10.1. The number of likely N-dealkylation sites (tertiary alicyclic amines) is 1. The number of nitrogens with zero attached hydrogens (tertiary/aromatic N) is 1. The van der Waals surface area contributed by atoms with Gasteiger partial charge in [-0.1, -0.05) is 30.3 Å². The number of carbonyl (C=O) groups excluding carboxylic acids is 1. The molecule has 3 rings (SSSR count). The van der Waals surface area contributed by atoms with Crippen LogP contribution in [-0.4, -0.2) is 50.0 Å². The van der Waals surface area contributed by atoms with E-state index in [1.165, 1.54) is 5.56 Å². The van der Waals surface area contributed by atoms with Crippen molar-refractivity contribution in [2.24, 2.45) is 0 Å². The van der Waals surface area contributed by atoms with Crippen molar-refractivity contribution in [3.05, 3.63) is 35.9 Å². The number of amides is 2. The molecule has 23 heavy (non-hydrogen) atoms. The highest BCUT2D eigenvalue weighted by molar-refractivity contribution is 7.91. The van der Waals surface area contributed by atoms with E-state index in [2.05, 4.69) is 29.6 Å². The largest absolute Gasteiger partial charge is 0.334 e. The molecule has 2 saturated heterocycles. The van der Waals surface area contributed by atoms with Crippen LogP contribution in [0.3, 0.4) is 0 Å². The van der Waals surface area contributed by atoms with Crippen LogP contribution in [0, 0.1) is 0 Å². The SMILES string of the molecule is O=C(N[C@H]1CCS(=O)(=O)C1)N1CCC[C@H](c2ccccc2)CC1. The molecule has 2 heterocycles. The molecule has 126 valence electrons. The van der Waals surface area contributed by atoms with Gasteiger partial charge in [0.2, 0.25) is 0 Å². The average Bonchev–Trinajstić information content (AvgIpc) is 2.76. The fourth-order valence-corrected chi connectivity index (χ4v) is 5.21. The van der Waals surface area contributed by atoms with E-state index in [4.69, 9.17) is 0 Å². The molecule has 1 aromatic carbocycles. The van der Waals surface area contributed by atoms with Gasteiger partial charge in [0.1, 0.15) is 0 Å². The molecule has 2 aliphatic rings. The van der Waals surface area contributed by atoms with Crippen molar-refractivity contribution < 1.29 is 13.2 Å². The summed E-state index contributed by atoms with van der Waals surface area (Å²) in [4.78, 5) is 14.2. The first-order chi connectivity index (χ1) is 11.0. The van der Waals surface area contributed by atoms with Crippen LogP contribution in [0.25, 0.3) is 0 Å². The normalized spacial score (nSPS) is 27.4. The maximum atomic E-state index is 12.4. The summed E-state index contributed by atoms with van der Waals surface area (Å²) in [5, 5.41) is 2.89. The number of carbonyl (C=O) groups is 1. The maximum absolute atomic E-state index is 12.4. The van der Waals surface area contributed by atoms with Gasteiger partial charge in [-0.05, 0) is 37.2 Å². The molecule has 6 heteroatoms. The summed E-state index contributed by atoms with van der Waals surface area (Å²) < 4.78 is 23.0. The number of sulfone groups is 1. The monoisotopic (exact) mass is 336 g/mol. The molecule has 0 unspecified atom stereocenters. The molecule has 1 aromatic rings. The van der Waals surface area contributed by atoms with Crippen LogP contribution in [0.5, 0.6) is 0 Å². The fourth-order valence-electron chi connectivity index (χ4n) is 3.53. The Morgan fingerprint density at radius 3 is 2.57 bits per heavy atom. The minimum absolute atomic E-state index is 0.0826. The third-order valence-corrected chi connectivity index (χ3v) is 6.61. The van der Waals surface area contributed by atoms with Crippen molar-refractivity contribution in [1.82, 2.24) is 10.2 Å². The molecule has 0 aliphatic carbocycles. The number of urea groups is 1. The van der Waals surface area contributed by atoms with E-state index in [0.29, 0.717) is 12.3 Å². The predicted octanol–water partition coefficient (Wildman–Crippen LogP) is 2.15. The summed E-state index contributed by atoms with van der Waals surface area (Å²) in [6.45, 7) is 1.47. The van der Waals surface area contributed by atoms with E-state index in [-0.39, 0.29) is 23.6 Å². The summed E-state index contributed by atoms with van der Waals surface area (Å²) in [7, 11) is -2.96. The van der Waals surface area contributed by atoms with Crippen molar-refractivity contribution in [3.8, 4) is 0 Å². The Hall–Kier alpha value is -1.56. The number of benzene rings is 1. The molecule has 0 radical (unpaired) electrons. The smallest absolute Gasteiger partial charge is 0.317 e. The lowest BCUT2D eigenvalue weighted by atomic mass is 9.92. The Bertz CT molecular complexity index is 645. The molecule has 2 fully saturated rings. The van der Waals surface area contributed by atoms with E-state index < -0.39 is 9.84 Å². The highest BCUT2D eigenvalue weighted by Crippen LogP contribution is 2.27. The maximum Gasteiger partial charge on any atom is 0.317 e. The molecule has 0 spiro atoms. The lowest BCUT2D eigenvalue weighted by Gasteiger charge is -2.23. The lowest BCUT2D eigenvalue weighted by molar-refractivity contribution is 0.196. The van der Waals surface area contributed by atoms with Crippen LogP contribution in [0.2, 0.25) is 0 Å². The van der Waals surface area contributed by atoms with Crippen LogP contribution in [-0.2, 0) is 9.84 Å². The topological polar surface area (TPSA) is 66.5 Å². The number of hydrogen-bond acceptors (Lipinski definition) is 3. The van der Waals surface area contributed by atoms with Crippen LogP contribution >= 0.6 is 0 Å². The van der Waals surface area contributed by atoms with E-state index in [1.54, 1.807) is 0 Å². The van der Waals surface area contributed by atoms with Gasteiger partial charge in [-0.2, -0.15) is 0 Å². The second kappa shape index (κ2) is 6.91. The first-order valence-corrected chi connectivity index (χ1v) is 10.2. The zero-order chi connectivity index (χ0) is 16.3. The van der Waals surface area contributed by atoms with Crippen LogP contribution < -0.4 is 5.32 Å². The molecule has 0 bridgehead atoms. The molecule has 0 aromatic heterocycles. The van der Waals surface area contributed by atoms with Gasteiger partial charge in [0.15, 0.2) is 9.84 Å². The van der Waals surface area contributed by atoms with Crippen LogP contribution in [0.4, 0.5) is 4.79 Å². The number of nitrogens with one attached hydrogen (secondary N) is 1. The standard InChI is InChI=1S/C17H24N2O3S/c20-17(18-16-9-12-23(21,22)13-16)19-10-4-7-15(8-11-19)14-5-2-1-3-6-14/h1-3,5-6,15-16H,4,7-13H2,(H,18,20)/t15-,16-/m0/s1. The Labute approximate surface area is 138 Å². The second-order valence-corrected chi connectivity index (χ2v) is 8.80. The second-order valence-electron chi connectivity index (χ2n) is 6.58. The fraction of sp³-hybridized carbons (Fsp3) is 0.588. The van der Waals surface area contributed by atoms with Gasteiger partial charge in [-0.25, -0.2) is 13.2 Å². The Morgan fingerprint density at radius 1 is 1.09 bits per heavy atom. The highest BCUT2D eigenvalue weighted by atomic mass is 32.2. The summed E-state index contributed by atoms with van der Waals surface area (Å²) in [5.41, 5.74) is 1.34. The molecular formula is C17H24N2O3S. The van der Waals surface area contributed by atoms with Gasteiger partial charge in [0.05, 0.1) is 11.5 Å². The number of hydrogen-bond donors (Lipinski definition) is 1. The van der Waals surface area contributed by atoms with E-state index in [9.17, 15) is 13.2 Å². The average molecular weight is 336 g/mol. The van der Waals surface area contributed by atoms with Gasteiger partial charge < -0.3 is 10.2 Å². The summed E-state index contributed by atoms with van der Waals surface area (Å²) >= 11 is 0. The molecule has 2 aliphatic heterocycles. The molecule has 5 nitrogen and oxygen atoms in total. The van der Waals surface area contributed by atoms with Gasteiger partial charge in [-0.15, -0.1) is 0 Å². The highest BCUT2D eigenvalue weighted by Gasteiger charge is 2.30. The van der Waals surface area contributed by atoms with Crippen LogP contribution in [0.15, 0.2) is 30.3 Å². The van der Waals surface area contributed by atoms with E-state index in [0.717, 1.165) is 32.4 Å². The molecule has 2 atom stereocenters. The third-order valence-electron chi connectivity index (χ3n) is 4.85. The third kappa shape index (κ3) is 4.25. The Balaban J connectivity index is 1.54.